The van der Waals surface area contributed by atoms with Gasteiger partial charge in [-0.15, -0.1) is 0 Å². The zero-order valence-corrected chi connectivity index (χ0v) is 14.1. The molecule has 1 unspecified atom stereocenters. The van der Waals surface area contributed by atoms with E-state index in [-0.39, 0.29) is 0 Å². The van der Waals surface area contributed by atoms with Crippen LogP contribution in [0.25, 0.3) is 0 Å². The Morgan fingerprint density at radius 3 is 2.71 bits per heavy atom. The number of rotatable bonds is 6. The summed E-state index contributed by atoms with van der Waals surface area (Å²) in [5.74, 6) is 0.817. The van der Waals surface area contributed by atoms with Gasteiger partial charge in [0.25, 0.3) is 0 Å². The molecular weight excluding hydrogens is 284 g/mol. The molecule has 0 bridgehead atoms. The Balaban J connectivity index is 1.95. The zero-order chi connectivity index (χ0) is 15.2. The molecule has 0 aromatic heterocycles. The predicted octanol–water partition coefficient (Wildman–Crippen LogP) is 3.87. The SMILES string of the molecule is CCCNC(C)c1ccc(OC2CCN(C)CC2)c(Cl)c1. The Kier molecular flexibility index (Phi) is 6.34. The van der Waals surface area contributed by atoms with Gasteiger partial charge in [0.1, 0.15) is 11.9 Å². The van der Waals surface area contributed by atoms with Crippen LogP contribution in [0.3, 0.4) is 0 Å². The van der Waals surface area contributed by atoms with Crippen molar-refractivity contribution in [3.05, 3.63) is 28.8 Å². The molecule has 1 N–H and O–H groups in total. The second-order valence-corrected chi connectivity index (χ2v) is 6.39. The maximum Gasteiger partial charge on any atom is 0.138 e. The van der Waals surface area contributed by atoms with Gasteiger partial charge in [-0.3, -0.25) is 0 Å². The molecule has 2 rings (SSSR count). The first-order chi connectivity index (χ1) is 10.1. The van der Waals surface area contributed by atoms with Gasteiger partial charge in [0.2, 0.25) is 0 Å². The van der Waals surface area contributed by atoms with Crippen molar-refractivity contribution in [1.29, 1.82) is 0 Å². The summed E-state index contributed by atoms with van der Waals surface area (Å²) in [6, 6.07) is 6.47. The van der Waals surface area contributed by atoms with Crippen LogP contribution in [0.1, 0.15) is 44.7 Å². The van der Waals surface area contributed by atoms with Gasteiger partial charge in [0.15, 0.2) is 0 Å². The number of halogens is 1. The maximum atomic E-state index is 6.39. The Bertz CT molecular complexity index is 444. The lowest BCUT2D eigenvalue weighted by Gasteiger charge is -2.29. The highest BCUT2D eigenvalue weighted by Gasteiger charge is 2.19. The molecule has 0 saturated carbocycles. The number of ether oxygens (including phenoxy) is 1. The van der Waals surface area contributed by atoms with Gasteiger partial charge < -0.3 is 15.0 Å². The van der Waals surface area contributed by atoms with Gasteiger partial charge in [-0.1, -0.05) is 24.6 Å². The van der Waals surface area contributed by atoms with Crippen LogP contribution in [0.4, 0.5) is 0 Å². The molecule has 0 aliphatic carbocycles. The van der Waals surface area contributed by atoms with Crippen molar-refractivity contribution >= 4 is 11.6 Å². The summed E-state index contributed by atoms with van der Waals surface area (Å²) in [5.41, 5.74) is 1.21. The molecule has 0 radical (unpaired) electrons. The Morgan fingerprint density at radius 2 is 2.10 bits per heavy atom. The third kappa shape index (κ3) is 4.87. The minimum absolute atomic E-state index is 0.292. The second-order valence-electron chi connectivity index (χ2n) is 5.99. The summed E-state index contributed by atoms with van der Waals surface area (Å²) >= 11 is 6.39. The van der Waals surface area contributed by atoms with Crippen LogP contribution in [-0.2, 0) is 0 Å². The number of likely N-dealkylation sites (tertiary alicyclic amines) is 1. The highest BCUT2D eigenvalue weighted by atomic mass is 35.5. The fourth-order valence-electron chi connectivity index (χ4n) is 2.64. The molecular formula is C17H27ClN2O. The van der Waals surface area contributed by atoms with Crippen molar-refractivity contribution in [2.45, 2.75) is 45.3 Å². The fraction of sp³-hybridized carbons (Fsp3) is 0.647. The van der Waals surface area contributed by atoms with Crippen molar-refractivity contribution in [3.8, 4) is 5.75 Å². The first-order valence-electron chi connectivity index (χ1n) is 7.98. The minimum atomic E-state index is 0.292. The standard InChI is InChI=1S/C17H27ClN2O/c1-4-9-19-13(2)14-5-6-17(16(18)12-14)21-15-7-10-20(3)11-8-15/h5-6,12-13,15,19H,4,7-11H2,1-3H3. The topological polar surface area (TPSA) is 24.5 Å². The normalized spacial score (nSPS) is 18.7. The zero-order valence-electron chi connectivity index (χ0n) is 13.4. The average Bonchev–Trinajstić information content (AvgIpc) is 2.49. The molecule has 3 nitrogen and oxygen atoms in total. The third-order valence-corrected chi connectivity index (χ3v) is 4.41. The van der Waals surface area contributed by atoms with Gasteiger partial charge >= 0.3 is 0 Å². The molecule has 1 fully saturated rings. The second kappa shape index (κ2) is 8.02. The van der Waals surface area contributed by atoms with E-state index in [1.54, 1.807) is 0 Å². The van der Waals surface area contributed by atoms with Crippen molar-refractivity contribution in [3.63, 3.8) is 0 Å². The smallest absolute Gasteiger partial charge is 0.138 e. The predicted molar refractivity (Wildman–Crippen MR) is 89.3 cm³/mol. The maximum absolute atomic E-state index is 6.39. The third-order valence-electron chi connectivity index (χ3n) is 4.12. The van der Waals surface area contributed by atoms with Crippen LogP contribution in [0.2, 0.25) is 5.02 Å². The highest BCUT2D eigenvalue weighted by Crippen LogP contribution is 2.30. The number of piperidine rings is 1. The molecule has 1 heterocycles. The quantitative estimate of drug-likeness (QED) is 0.863. The van der Waals surface area contributed by atoms with E-state index in [4.69, 9.17) is 16.3 Å². The van der Waals surface area contributed by atoms with Gasteiger partial charge in [-0.2, -0.15) is 0 Å². The van der Waals surface area contributed by atoms with Gasteiger partial charge in [0, 0.05) is 19.1 Å². The van der Waals surface area contributed by atoms with E-state index in [1.807, 2.05) is 12.1 Å². The lowest BCUT2D eigenvalue weighted by molar-refractivity contribution is 0.114. The van der Waals surface area contributed by atoms with E-state index in [0.29, 0.717) is 12.1 Å². The summed E-state index contributed by atoms with van der Waals surface area (Å²) in [6.07, 6.45) is 3.57. The summed E-state index contributed by atoms with van der Waals surface area (Å²) < 4.78 is 6.07. The summed E-state index contributed by atoms with van der Waals surface area (Å²) in [6.45, 7) is 7.55. The first-order valence-corrected chi connectivity index (χ1v) is 8.36. The van der Waals surface area contributed by atoms with Crippen LogP contribution in [0, 0.1) is 0 Å². The van der Waals surface area contributed by atoms with Crippen molar-refractivity contribution in [2.75, 3.05) is 26.7 Å². The van der Waals surface area contributed by atoms with E-state index in [1.165, 1.54) is 5.56 Å². The molecule has 1 aliphatic rings. The van der Waals surface area contributed by atoms with Crippen molar-refractivity contribution in [2.24, 2.45) is 0 Å². The van der Waals surface area contributed by atoms with Crippen LogP contribution in [0.15, 0.2) is 18.2 Å². The number of hydrogen-bond donors (Lipinski definition) is 1. The molecule has 21 heavy (non-hydrogen) atoms. The van der Waals surface area contributed by atoms with Crippen LogP contribution in [-0.4, -0.2) is 37.7 Å². The van der Waals surface area contributed by atoms with Gasteiger partial charge in [-0.25, -0.2) is 0 Å². The van der Waals surface area contributed by atoms with Crippen molar-refractivity contribution in [1.82, 2.24) is 10.2 Å². The molecule has 4 heteroatoms. The minimum Gasteiger partial charge on any atom is -0.489 e. The average molecular weight is 311 g/mol. The molecule has 0 amide bonds. The number of nitrogens with zero attached hydrogens (tertiary/aromatic N) is 1. The lowest BCUT2D eigenvalue weighted by Crippen LogP contribution is -2.35. The van der Waals surface area contributed by atoms with Crippen LogP contribution in [0.5, 0.6) is 5.75 Å². The highest BCUT2D eigenvalue weighted by molar-refractivity contribution is 6.32. The summed E-state index contributed by atoms with van der Waals surface area (Å²) in [4.78, 5) is 2.34. The van der Waals surface area contributed by atoms with Gasteiger partial charge in [0.05, 0.1) is 5.02 Å². The lowest BCUT2D eigenvalue weighted by atomic mass is 10.1. The molecule has 118 valence electrons. The first kappa shape index (κ1) is 16.6. The van der Waals surface area contributed by atoms with E-state index in [9.17, 15) is 0 Å². The Labute approximate surface area is 133 Å². The monoisotopic (exact) mass is 310 g/mol. The Hall–Kier alpha value is -0.770. The molecule has 1 aromatic rings. The summed E-state index contributed by atoms with van der Waals surface area (Å²) in [5, 5.41) is 4.20. The van der Waals surface area contributed by atoms with Crippen molar-refractivity contribution < 1.29 is 4.74 Å². The van der Waals surface area contributed by atoms with E-state index < -0.39 is 0 Å². The van der Waals surface area contributed by atoms with E-state index >= 15 is 0 Å². The molecule has 1 atom stereocenters. The molecule has 1 aliphatic heterocycles. The Morgan fingerprint density at radius 1 is 1.38 bits per heavy atom. The van der Waals surface area contributed by atoms with Gasteiger partial charge in [-0.05, 0) is 57.5 Å². The number of nitrogens with one attached hydrogen (secondary N) is 1. The molecule has 0 spiro atoms. The molecule has 1 aromatic carbocycles. The van der Waals surface area contributed by atoms with E-state index in [2.05, 4.69) is 37.2 Å². The number of hydrogen-bond acceptors (Lipinski definition) is 3. The van der Waals surface area contributed by atoms with Crippen LogP contribution < -0.4 is 10.1 Å². The molecule has 1 saturated heterocycles. The van der Waals surface area contributed by atoms with E-state index in [0.717, 1.165) is 49.7 Å². The number of benzene rings is 1. The fourth-order valence-corrected chi connectivity index (χ4v) is 2.88. The van der Waals surface area contributed by atoms with Crippen LogP contribution >= 0.6 is 11.6 Å². The summed E-state index contributed by atoms with van der Waals surface area (Å²) in [7, 11) is 2.16. The largest absolute Gasteiger partial charge is 0.489 e.